The highest BCUT2D eigenvalue weighted by Crippen LogP contribution is 2.55. The first-order valence-electron chi connectivity index (χ1n) is 43.7. The first-order chi connectivity index (χ1) is 61.6. The molecule has 8 fully saturated rings. The highest BCUT2D eigenvalue weighted by atomic mass is 32.1. The molecule has 4 aliphatic carbocycles. The molecule has 4 saturated carbocycles. The Hall–Kier alpha value is -11.2. The average molecular weight is 1840 g/mol. The number of aliphatic carboxylic acids is 1. The first kappa shape index (κ1) is 96.4. The molecule has 8 atom stereocenters. The van der Waals surface area contributed by atoms with Crippen molar-refractivity contribution in [2.24, 2.45) is 34.5 Å². The predicted molar refractivity (Wildman–Crippen MR) is 513 cm³/mol. The number of nitrogens with two attached hydrogens (primary N) is 3. The summed E-state index contributed by atoms with van der Waals surface area (Å²) >= 11 is 6.82. The molecule has 0 spiro atoms. The number of carboxylic acids is 1. The zero-order valence-corrected chi connectivity index (χ0v) is 78.0. The molecule has 8 unspecified atom stereocenters. The number of carbonyl (C=O) groups is 6. The van der Waals surface area contributed by atoms with Crippen molar-refractivity contribution in [2.45, 2.75) is 191 Å². The smallest absolute Gasteiger partial charge is 0.328 e. The lowest BCUT2D eigenvalue weighted by atomic mass is 9.98. The van der Waals surface area contributed by atoms with Crippen LogP contribution < -0.4 is 22.5 Å². The topological polar surface area (TPSA) is 320 Å². The van der Waals surface area contributed by atoms with Crippen molar-refractivity contribution in [3.05, 3.63) is 252 Å². The second-order valence-electron chi connectivity index (χ2n) is 35.4. The maximum absolute atomic E-state index is 13.1. The van der Waals surface area contributed by atoms with E-state index < -0.39 is 30.7 Å². The summed E-state index contributed by atoms with van der Waals surface area (Å²) in [7, 11) is 0. The van der Waals surface area contributed by atoms with Crippen LogP contribution in [0.15, 0.2) is 127 Å². The largest absolute Gasteiger partial charge is 0.478 e. The van der Waals surface area contributed by atoms with Gasteiger partial charge in [0.1, 0.15) is 36.3 Å². The van der Waals surface area contributed by atoms with Gasteiger partial charge in [0.05, 0.1) is 72.1 Å². The fourth-order valence-electron chi connectivity index (χ4n) is 17.4. The molecule has 6 aromatic heterocycles. The number of carbonyl (C=O) groups excluding carboxylic acids is 5. The minimum absolute atomic E-state index is 0. The van der Waals surface area contributed by atoms with E-state index in [0.29, 0.717) is 42.8 Å². The number of likely N-dealkylation sites (tertiary alicyclic amines) is 4. The molecule has 4 aliphatic heterocycles. The van der Waals surface area contributed by atoms with Gasteiger partial charge in [0.15, 0.2) is 0 Å². The number of amides is 5. The molecule has 5 amide bonds. The van der Waals surface area contributed by atoms with Crippen molar-refractivity contribution in [3.8, 4) is 41.8 Å². The molecule has 29 heteroatoms. The summed E-state index contributed by atoms with van der Waals surface area (Å²) in [6, 6.07) is 32.7. The summed E-state index contributed by atoms with van der Waals surface area (Å²) in [5.41, 5.74) is 51.1. The Morgan fingerprint density at radius 2 is 0.754 bits per heavy atom. The number of aryl methyl sites for hydroxylation is 4. The number of alkyl halides is 4. The number of thiophene rings is 4. The van der Waals surface area contributed by atoms with Gasteiger partial charge in [-0.25, -0.2) is 32.3 Å². The number of nitrogen functional groups attached to an aromatic ring is 2. The second-order valence-corrected chi connectivity index (χ2v) is 39.8. The van der Waals surface area contributed by atoms with Crippen molar-refractivity contribution in [1.82, 2.24) is 34.9 Å². The molecule has 10 aromatic rings. The Balaban J connectivity index is 0.000000142. The highest BCUT2D eigenvalue weighted by Gasteiger charge is 2.52. The van der Waals surface area contributed by atoms with Crippen molar-refractivity contribution in [3.63, 3.8) is 0 Å². The number of rotatable bonds is 22. The lowest BCUT2D eigenvalue weighted by molar-refractivity contribution is -0.140. The number of benzene rings is 4. The minimum atomic E-state index is -0.980. The Morgan fingerprint density at radius 1 is 0.454 bits per heavy atom. The maximum atomic E-state index is 13.1. The summed E-state index contributed by atoms with van der Waals surface area (Å²) < 4.78 is 52.1. The lowest BCUT2D eigenvalue weighted by Gasteiger charge is -2.34. The number of aromatic nitrogens is 2. The van der Waals surface area contributed by atoms with Gasteiger partial charge in [-0.15, -0.1) is 45.3 Å². The number of aliphatic hydroxyl groups is 1. The molecule has 130 heavy (non-hydrogen) atoms. The molecule has 8 aliphatic rings. The molecule has 18 rings (SSSR count). The molecule has 21 nitrogen and oxygen atoms in total. The van der Waals surface area contributed by atoms with Crippen molar-refractivity contribution in [1.29, 1.82) is 0 Å². The number of hydrogen-bond acceptors (Lipinski definition) is 17. The van der Waals surface area contributed by atoms with Gasteiger partial charge in [-0.3, -0.25) is 24.0 Å². The number of carboxylic acid groups (broad SMARTS) is 1. The second kappa shape index (κ2) is 41.1. The monoisotopic (exact) mass is 1840 g/mol. The van der Waals surface area contributed by atoms with Gasteiger partial charge >= 0.3 is 5.97 Å². The van der Waals surface area contributed by atoms with Gasteiger partial charge in [0.25, 0.3) is 0 Å². The summed E-state index contributed by atoms with van der Waals surface area (Å²) in [5, 5.41) is 24.5. The fraction of sp³-hybridized carbons (Fsp3) is 0.406. The SMILES string of the molecule is C.Cc1cc(C2CC2C(=O)N2CC(F)C2)ccc1-c1sc(CN)c(C)c1C.Cc1cc(C2CC2C(=O)N2CC(F)C2)ccc1-c1sc(CN=[N+]=[N-])c(C)c1C.Cc1cc(C2CC2C(=O)N2CC(F)C2)ccc1-c1sc(CNC(=O)/C=C/c2ccc(N)nc2)c(C)c1C.Cc1cc(C2CC2C(=O)N2CC(F)C2)ccc1-c1sc(CO)c(C)c1C.Nc1ccc(/C=C/C(=O)O)cn1. The fourth-order valence-corrected chi connectivity index (χ4v) is 22.6. The van der Waals surface area contributed by atoms with E-state index in [-0.39, 0.29) is 137 Å². The molecule has 0 radical (unpaired) electrons. The standard InChI is InChI=1S/C29H31FN4O2S.C21H23FN4OS.C21H25FN2OS.C21H24FNO2S.C8H8N2O2.CH4/c1-16-10-20(23-11-24(23)29(36)34-14-21(30)15-34)6-7-22(16)28-18(3)17(2)25(37-28)13-33-27(35)9-5-19-4-8-26(31)32-12-19;1-11-6-14(17-7-18(17)21(27)26-9-15(22)10-26)4-5-16(11)20-13(3)12(2)19(28-20)8-24-25-23;1-11-6-14(17-7-18(17)21(25)24-9-15(22)10-24)4-5-16(11)20-13(3)12(2)19(8-23)26-20;1-11-6-14(17-7-18(17)21(25)23-8-15(22)9-23)4-5-16(11)20-13(3)12(2)19(10-24)26-20;9-7-3-1-6(5-10-7)2-4-8(11)12;/h4-10,12,21,23-24H,11,13-15H2,1-3H3,(H2,31,32)(H,33,35);4-6,15,17-18H,7-10H2,1-3H3;4-6,15,17-18H,7-10,23H2,1-3H3;4-6,15,17-18,24H,7-10H2,1-3H3;1-5H,(H2,9,10)(H,11,12);1H4/b9-5+;;;;4-2+;. The van der Waals surface area contributed by atoms with E-state index in [2.05, 4.69) is 181 Å². The molecule has 0 bridgehead atoms. The third kappa shape index (κ3) is 21.9. The van der Waals surface area contributed by atoms with Crippen LogP contribution in [0, 0.1) is 107 Å². The van der Waals surface area contributed by atoms with Crippen LogP contribution in [0.4, 0.5) is 29.2 Å². The zero-order chi connectivity index (χ0) is 92.4. The van der Waals surface area contributed by atoms with Crippen molar-refractivity contribution >= 4 is 105 Å². The Labute approximate surface area is 773 Å². The summed E-state index contributed by atoms with van der Waals surface area (Å²) in [6.45, 7) is 28.9. The van der Waals surface area contributed by atoms with E-state index in [4.69, 9.17) is 27.8 Å². The Morgan fingerprint density at radius 3 is 1.03 bits per heavy atom. The number of halogens is 4. The molecular formula is C101H115F4N13O8S4. The van der Waals surface area contributed by atoms with Gasteiger partial charge in [-0.05, 0) is 297 Å². The molecule has 684 valence electrons. The van der Waals surface area contributed by atoms with Crippen LogP contribution in [0.25, 0.3) is 64.4 Å². The number of nitrogens with one attached hydrogen (secondary N) is 1. The van der Waals surface area contributed by atoms with E-state index in [9.17, 15) is 51.4 Å². The normalized spacial score (nSPS) is 20.0. The van der Waals surface area contributed by atoms with E-state index in [1.165, 1.54) is 154 Å². The molecule has 4 saturated heterocycles. The summed E-state index contributed by atoms with van der Waals surface area (Å²) in [5.74, 6) is 1.27. The Kier molecular flexibility index (Phi) is 30.5. The number of azide groups is 1. The van der Waals surface area contributed by atoms with Crippen LogP contribution in [0.2, 0.25) is 0 Å². The van der Waals surface area contributed by atoms with Gasteiger partial charge < -0.3 is 52.3 Å². The predicted octanol–water partition coefficient (Wildman–Crippen LogP) is 20.0. The van der Waals surface area contributed by atoms with Gasteiger partial charge in [0, 0.05) is 98.7 Å². The van der Waals surface area contributed by atoms with E-state index in [1.54, 1.807) is 95.4 Å². The molecule has 4 aromatic carbocycles. The molecular weight excluding hydrogens is 1730 g/mol. The molecule has 10 heterocycles. The van der Waals surface area contributed by atoms with Crippen LogP contribution in [-0.2, 0) is 55.0 Å². The highest BCUT2D eigenvalue weighted by molar-refractivity contribution is 7.17. The van der Waals surface area contributed by atoms with Crippen LogP contribution in [0.5, 0.6) is 0 Å². The Bertz CT molecular complexity index is 5890. The van der Waals surface area contributed by atoms with Crippen LogP contribution in [0.1, 0.15) is 176 Å². The van der Waals surface area contributed by atoms with E-state index in [1.807, 2.05) is 6.07 Å². The summed E-state index contributed by atoms with van der Waals surface area (Å²) in [4.78, 5) is 98.8. The lowest BCUT2D eigenvalue weighted by Crippen LogP contribution is -2.52. The van der Waals surface area contributed by atoms with E-state index >= 15 is 0 Å². The van der Waals surface area contributed by atoms with Crippen molar-refractivity contribution < 1.29 is 56.5 Å². The van der Waals surface area contributed by atoms with Gasteiger partial charge in [-0.2, -0.15) is 0 Å². The molecule has 9 N–H and O–H groups in total. The number of aliphatic hydroxyl groups excluding tert-OH is 1. The number of pyridine rings is 2. The minimum Gasteiger partial charge on any atom is -0.478 e. The summed E-state index contributed by atoms with van der Waals surface area (Å²) in [6.07, 6.45) is 8.95. The third-order valence-electron chi connectivity index (χ3n) is 26.4. The number of nitrogens with zero attached hydrogens (tertiary/aromatic N) is 9. The van der Waals surface area contributed by atoms with E-state index in [0.717, 1.165) is 52.0 Å². The quantitative estimate of drug-likeness (QED) is 0.0121. The van der Waals surface area contributed by atoms with Crippen LogP contribution in [-0.4, -0.2) is 152 Å². The third-order valence-corrected chi connectivity index (χ3v) is 32.1. The first-order valence-corrected chi connectivity index (χ1v) is 47.0. The average Bonchev–Trinajstić information content (AvgIpc) is 1.62. The van der Waals surface area contributed by atoms with Crippen LogP contribution in [0.3, 0.4) is 0 Å². The maximum Gasteiger partial charge on any atom is 0.328 e. The number of anilines is 2. The number of hydrogen-bond donors (Lipinski definition) is 6. The van der Waals surface area contributed by atoms with Crippen LogP contribution >= 0.6 is 45.3 Å². The zero-order valence-electron chi connectivity index (χ0n) is 74.7. The van der Waals surface area contributed by atoms with Gasteiger partial charge in [-0.1, -0.05) is 85.3 Å². The van der Waals surface area contributed by atoms with Gasteiger partial charge in [0.2, 0.25) is 29.5 Å². The van der Waals surface area contributed by atoms with Crippen molar-refractivity contribution in [2.75, 3.05) is 63.8 Å².